The zero-order valence-electron chi connectivity index (χ0n) is 11.4. The molecule has 0 radical (unpaired) electrons. The quantitative estimate of drug-likeness (QED) is 0.761. The maximum absolute atomic E-state index is 12.0. The fourth-order valence-electron chi connectivity index (χ4n) is 2.22. The van der Waals surface area contributed by atoms with Crippen LogP contribution in [-0.4, -0.2) is 12.5 Å². The predicted octanol–water partition coefficient (Wildman–Crippen LogP) is 3.78. The summed E-state index contributed by atoms with van der Waals surface area (Å²) < 4.78 is 0. The predicted molar refractivity (Wildman–Crippen MR) is 73.3 cm³/mol. The molecule has 1 atom stereocenters. The molecule has 1 fully saturated rings. The van der Waals surface area contributed by atoms with E-state index in [0.29, 0.717) is 5.91 Å². The number of carbonyl (C=O) groups is 1. The zero-order chi connectivity index (χ0) is 12.8. The van der Waals surface area contributed by atoms with Crippen LogP contribution in [0.15, 0.2) is 24.3 Å². The second kappa shape index (κ2) is 6.43. The molecule has 0 bridgehead atoms. The molecule has 17 heavy (non-hydrogen) atoms. The molecule has 2 heteroatoms. The molecule has 0 aliphatic carbocycles. The third kappa shape index (κ3) is 2.87. The summed E-state index contributed by atoms with van der Waals surface area (Å²) in [5, 5.41) is 0. The molecule has 1 heterocycles. The molecule has 0 spiro atoms. The first-order chi connectivity index (χ1) is 8.24. The lowest BCUT2D eigenvalue weighted by atomic mass is 10.1. The Labute approximate surface area is 105 Å². The van der Waals surface area contributed by atoms with E-state index in [4.69, 9.17) is 0 Å². The van der Waals surface area contributed by atoms with Crippen molar-refractivity contribution in [2.45, 2.75) is 40.5 Å². The summed E-state index contributed by atoms with van der Waals surface area (Å²) in [4.78, 5) is 13.9. The van der Waals surface area contributed by atoms with Crippen LogP contribution in [0.4, 0.5) is 5.69 Å². The van der Waals surface area contributed by atoms with Gasteiger partial charge in [-0.1, -0.05) is 39.0 Å². The number of benzene rings is 1. The van der Waals surface area contributed by atoms with E-state index in [9.17, 15) is 4.79 Å². The largest absolute Gasteiger partial charge is 0.312 e. The number of rotatable bonds is 2. The number of hydrogen-bond acceptors (Lipinski definition) is 1. The summed E-state index contributed by atoms with van der Waals surface area (Å²) in [6, 6.07) is 8.10. The fourth-order valence-corrected chi connectivity index (χ4v) is 2.22. The minimum absolute atomic E-state index is 0.240. The average molecular weight is 233 g/mol. The van der Waals surface area contributed by atoms with E-state index in [0.717, 1.165) is 25.1 Å². The van der Waals surface area contributed by atoms with Crippen LogP contribution in [0.25, 0.3) is 0 Å². The summed E-state index contributed by atoms with van der Waals surface area (Å²) in [7, 11) is 0. The fraction of sp³-hybridized carbons (Fsp3) is 0.533. The normalized spacial score (nSPS) is 18.9. The number of para-hydroxylation sites is 1. The second-order valence-electron chi connectivity index (χ2n) is 4.17. The van der Waals surface area contributed by atoms with E-state index in [2.05, 4.69) is 19.9 Å². The van der Waals surface area contributed by atoms with Crippen LogP contribution in [0.1, 0.15) is 39.2 Å². The van der Waals surface area contributed by atoms with Crippen LogP contribution in [0, 0.1) is 12.8 Å². The van der Waals surface area contributed by atoms with Crippen LogP contribution in [0.2, 0.25) is 0 Å². The van der Waals surface area contributed by atoms with Crippen molar-refractivity contribution >= 4 is 11.6 Å². The van der Waals surface area contributed by atoms with Crippen molar-refractivity contribution in [1.29, 1.82) is 0 Å². The monoisotopic (exact) mass is 233 g/mol. The molecule has 1 aliphatic rings. The van der Waals surface area contributed by atoms with Gasteiger partial charge in [-0.05, 0) is 31.4 Å². The highest BCUT2D eigenvalue weighted by Gasteiger charge is 2.31. The van der Waals surface area contributed by atoms with Crippen molar-refractivity contribution in [2.24, 2.45) is 5.92 Å². The van der Waals surface area contributed by atoms with E-state index in [1.165, 1.54) is 5.56 Å². The van der Waals surface area contributed by atoms with Gasteiger partial charge in [0.25, 0.3) is 0 Å². The van der Waals surface area contributed by atoms with Crippen LogP contribution in [-0.2, 0) is 4.79 Å². The first-order valence-electron chi connectivity index (χ1n) is 6.61. The van der Waals surface area contributed by atoms with Crippen molar-refractivity contribution in [3.63, 3.8) is 0 Å². The van der Waals surface area contributed by atoms with Crippen molar-refractivity contribution in [3.8, 4) is 0 Å². The van der Waals surface area contributed by atoms with Gasteiger partial charge in [0.15, 0.2) is 0 Å². The van der Waals surface area contributed by atoms with Crippen molar-refractivity contribution < 1.29 is 4.79 Å². The molecule has 2 nitrogen and oxygen atoms in total. The summed E-state index contributed by atoms with van der Waals surface area (Å²) in [6.45, 7) is 9.02. The van der Waals surface area contributed by atoms with Crippen molar-refractivity contribution in [1.82, 2.24) is 0 Å². The van der Waals surface area contributed by atoms with Gasteiger partial charge < -0.3 is 4.90 Å². The van der Waals surface area contributed by atoms with Gasteiger partial charge in [-0.3, -0.25) is 4.79 Å². The molecule has 1 saturated heterocycles. The Bertz CT molecular complexity index is 373. The third-order valence-electron chi connectivity index (χ3n) is 3.22. The molecule has 1 aromatic rings. The maximum Gasteiger partial charge on any atom is 0.230 e. The molecule has 1 aromatic carbocycles. The Hall–Kier alpha value is -1.31. The van der Waals surface area contributed by atoms with Crippen LogP contribution < -0.4 is 4.90 Å². The van der Waals surface area contributed by atoms with Gasteiger partial charge >= 0.3 is 0 Å². The van der Waals surface area contributed by atoms with Crippen LogP contribution >= 0.6 is 0 Å². The minimum Gasteiger partial charge on any atom is -0.312 e. The SMILES string of the molecule is CC.CCC1CCN(c2ccccc2C)C1=O. The number of carbonyl (C=O) groups excluding carboxylic acids is 1. The Kier molecular flexibility index (Phi) is 5.20. The molecule has 0 aromatic heterocycles. The highest BCUT2D eigenvalue weighted by atomic mass is 16.2. The van der Waals surface area contributed by atoms with E-state index in [1.54, 1.807) is 0 Å². The number of amides is 1. The van der Waals surface area contributed by atoms with E-state index in [1.807, 2.05) is 36.9 Å². The van der Waals surface area contributed by atoms with Crippen molar-refractivity contribution in [3.05, 3.63) is 29.8 Å². The maximum atomic E-state index is 12.0. The summed E-state index contributed by atoms with van der Waals surface area (Å²) in [5.74, 6) is 0.538. The Morgan fingerprint density at radius 1 is 1.29 bits per heavy atom. The smallest absolute Gasteiger partial charge is 0.230 e. The van der Waals surface area contributed by atoms with Gasteiger partial charge in [-0.2, -0.15) is 0 Å². The van der Waals surface area contributed by atoms with E-state index < -0.39 is 0 Å². The van der Waals surface area contributed by atoms with Gasteiger partial charge in [-0.25, -0.2) is 0 Å². The first kappa shape index (κ1) is 13.8. The minimum atomic E-state index is 0.240. The first-order valence-corrected chi connectivity index (χ1v) is 6.61. The number of aryl methyl sites for hydroxylation is 1. The number of nitrogens with zero attached hydrogens (tertiary/aromatic N) is 1. The highest BCUT2D eigenvalue weighted by molar-refractivity contribution is 5.97. The van der Waals surface area contributed by atoms with Crippen LogP contribution in [0.5, 0.6) is 0 Å². The molecule has 2 rings (SSSR count). The molecule has 94 valence electrons. The molecular formula is C15H23NO. The number of anilines is 1. The molecular weight excluding hydrogens is 210 g/mol. The lowest BCUT2D eigenvalue weighted by Gasteiger charge is -2.18. The molecule has 0 saturated carbocycles. The van der Waals surface area contributed by atoms with Gasteiger partial charge in [0.05, 0.1) is 0 Å². The lowest BCUT2D eigenvalue weighted by Crippen LogP contribution is -2.27. The summed E-state index contributed by atoms with van der Waals surface area (Å²) >= 11 is 0. The Balaban J connectivity index is 0.000000686. The second-order valence-corrected chi connectivity index (χ2v) is 4.17. The number of hydrogen-bond donors (Lipinski definition) is 0. The van der Waals surface area contributed by atoms with Crippen molar-refractivity contribution in [2.75, 3.05) is 11.4 Å². The molecule has 1 aliphatic heterocycles. The summed E-state index contributed by atoms with van der Waals surface area (Å²) in [5.41, 5.74) is 2.26. The summed E-state index contributed by atoms with van der Waals surface area (Å²) in [6.07, 6.45) is 1.96. The van der Waals surface area contributed by atoms with Gasteiger partial charge in [-0.15, -0.1) is 0 Å². The third-order valence-corrected chi connectivity index (χ3v) is 3.22. The van der Waals surface area contributed by atoms with Gasteiger partial charge in [0, 0.05) is 18.2 Å². The Morgan fingerprint density at radius 2 is 1.94 bits per heavy atom. The standard InChI is InChI=1S/C13H17NO.C2H6/c1-3-11-8-9-14(13(11)15)12-7-5-4-6-10(12)2;1-2/h4-7,11H,3,8-9H2,1-2H3;1-2H3. The van der Waals surface area contributed by atoms with E-state index >= 15 is 0 Å². The Morgan fingerprint density at radius 3 is 2.47 bits per heavy atom. The molecule has 0 N–H and O–H groups in total. The van der Waals surface area contributed by atoms with Gasteiger partial charge in [0.2, 0.25) is 5.91 Å². The molecule has 1 amide bonds. The topological polar surface area (TPSA) is 20.3 Å². The van der Waals surface area contributed by atoms with E-state index in [-0.39, 0.29) is 5.92 Å². The average Bonchev–Trinajstić information content (AvgIpc) is 2.74. The van der Waals surface area contributed by atoms with Gasteiger partial charge in [0.1, 0.15) is 0 Å². The van der Waals surface area contributed by atoms with Crippen LogP contribution in [0.3, 0.4) is 0 Å². The highest BCUT2D eigenvalue weighted by Crippen LogP contribution is 2.28. The zero-order valence-corrected chi connectivity index (χ0v) is 11.4. The lowest BCUT2D eigenvalue weighted by molar-refractivity contribution is -0.120. The molecule has 1 unspecified atom stereocenters.